The fourth-order valence-corrected chi connectivity index (χ4v) is 3.39. The summed E-state index contributed by atoms with van der Waals surface area (Å²) in [4.78, 5) is 8.76. The number of rotatable bonds is 4. The number of anilines is 1. The van der Waals surface area contributed by atoms with Gasteiger partial charge in [0.25, 0.3) is 0 Å². The fraction of sp³-hybridized carbons (Fsp3) is 0.250. The maximum Gasteiger partial charge on any atom is 0.193 e. The van der Waals surface area contributed by atoms with Crippen LogP contribution in [0.25, 0.3) is 5.69 Å². The minimum absolute atomic E-state index is 0. The maximum absolute atomic E-state index is 6.13. The Balaban J connectivity index is 0.00000210. The average molecular weight is 474 g/mol. The zero-order valence-corrected chi connectivity index (χ0v) is 17.3. The molecule has 4 rings (SSSR count). The van der Waals surface area contributed by atoms with E-state index in [1.54, 1.807) is 4.68 Å². The molecule has 0 atom stereocenters. The molecule has 0 bridgehead atoms. The molecule has 0 radical (unpaired) electrons. The van der Waals surface area contributed by atoms with E-state index in [9.17, 15) is 0 Å². The van der Waals surface area contributed by atoms with Crippen molar-refractivity contribution in [2.75, 3.05) is 5.32 Å². The van der Waals surface area contributed by atoms with Crippen molar-refractivity contribution in [3.05, 3.63) is 71.8 Å². The molecule has 2 aromatic carbocycles. The SMILES string of the molecule is I.NC(=NCc1ncnn1-c1ccccc1)Nc1cccc2c1CCCC2. The van der Waals surface area contributed by atoms with E-state index in [2.05, 4.69) is 38.6 Å². The number of benzene rings is 2. The molecule has 0 saturated heterocycles. The van der Waals surface area contributed by atoms with Crippen LogP contribution in [0.1, 0.15) is 29.8 Å². The number of nitrogens with two attached hydrogens (primary N) is 1. The number of aromatic nitrogens is 3. The van der Waals surface area contributed by atoms with Gasteiger partial charge in [0.2, 0.25) is 0 Å². The van der Waals surface area contributed by atoms with Crippen molar-refractivity contribution in [3.8, 4) is 5.69 Å². The van der Waals surface area contributed by atoms with Crippen molar-refractivity contribution in [2.45, 2.75) is 32.2 Å². The number of fused-ring (bicyclic) bond motifs is 1. The Morgan fingerprint density at radius 3 is 2.74 bits per heavy atom. The highest BCUT2D eigenvalue weighted by molar-refractivity contribution is 14.0. The first kappa shape index (κ1) is 19.3. The molecule has 1 aromatic heterocycles. The molecule has 1 aliphatic rings. The largest absolute Gasteiger partial charge is 0.370 e. The summed E-state index contributed by atoms with van der Waals surface area (Å²) >= 11 is 0. The highest BCUT2D eigenvalue weighted by Gasteiger charge is 2.13. The van der Waals surface area contributed by atoms with Crippen molar-refractivity contribution >= 4 is 35.6 Å². The summed E-state index contributed by atoms with van der Waals surface area (Å²) < 4.78 is 1.78. The summed E-state index contributed by atoms with van der Waals surface area (Å²) in [7, 11) is 0. The molecule has 1 aliphatic carbocycles. The van der Waals surface area contributed by atoms with Gasteiger partial charge in [0.15, 0.2) is 11.8 Å². The van der Waals surface area contributed by atoms with E-state index in [0.29, 0.717) is 12.5 Å². The zero-order valence-electron chi connectivity index (χ0n) is 15.0. The molecule has 0 amide bonds. The molecule has 3 N–H and O–H groups in total. The second-order valence-electron chi connectivity index (χ2n) is 6.40. The van der Waals surface area contributed by atoms with E-state index >= 15 is 0 Å². The molecule has 0 unspecified atom stereocenters. The number of guanidine groups is 1. The molecule has 0 aliphatic heterocycles. The molecule has 0 saturated carbocycles. The molecule has 0 fully saturated rings. The minimum atomic E-state index is 0. The lowest BCUT2D eigenvalue weighted by atomic mass is 9.90. The van der Waals surface area contributed by atoms with Gasteiger partial charge in [-0.15, -0.1) is 24.0 Å². The Morgan fingerprint density at radius 2 is 1.89 bits per heavy atom. The quantitative estimate of drug-likeness (QED) is 0.344. The summed E-state index contributed by atoms with van der Waals surface area (Å²) in [6.07, 6.45) is 6.25. The van der Waals surface area contributed by atoms with E-state index in [1.165, 1.54) is 30.3 Å². The molecular weight excluding hydrogens is 451 g/mol. The zero-order chi connectivity index (χ0) is 17.8. The van der Waals surface area contributed by atoms with Crippen molar-refractivity contribution in [1.29, 1.82) is 0 Å². The number of halogens is 1. The van der Waals surface area contributed by atoms with Gasteiger partial charge in [-0.05, 0) is 55.0 Å². The molecule has 0 spiro atoms. The number of aryl methyl sites for hydroxylation is 1. The van der Waals surface area contributed by atoms with E-state index in [-0.39, 0.29) is 24.0 Å². The van der Waals surface area contributed by atoms with Gasteiger partial charge < -0.3 is 11.1 Å². The third-order valence-electron chi connectivity index (χ3n) is 4.67. The smallest absolute Gasteiger partial charge is 0.193 e. The van der Waals surface area contributed by atoms with Crippen LogP contribution >= 0.6 is 24.0 Å². The van der Waals surface area contributed by atoms with Gasteiger partial charge in [-0.25, -0.2) is 14.7 Å². The van der Waals surface area contributed by atoms with Gasteiger partial charge in [0.05, 0.1) is 5.69 Å². The lowest BCUT2D eigenvalue weighted by Gasteiger charge is -2.19. The Hall–Kier alpha value is -2.42. The van der Waals surface area contributed by atoms with Gasteiger partial charge in [0.1, 0.15) is 12.9 Å². The van der Waals surface area contributed by atoms with Crippen LogP contribution in [0.5, 0.6) is 0 Å². The van der Waals surface area contributed by atoms with Crippen molar-refractivity contribution < 1.29 is 0 Å². The van der Waals surface area contributed by atoms with Crippen molar-refractivity contribution in [3.63, 3.8) is 0 Å². The Morgan fingerprint density at radius 1 is 1.07 bits per heavy atom. The molecule has 3 aromatic rings. The predicted molar refractivity (Wildman–Crippen MR) is 119 cm³/mol. The first-order chi connectivity index (χ1) is 12.8. The molecule has 1 heterocycles. The van der Waals surface area contributed by atoms with Crippen LogP contribution in [0.4, 0.5) is 5.69 Å². The van der Waals surface area contributed by atoms with Gasteiger partial charge in [0, 0.05) is 5.69 Å². The maximum atomic E-state index is 6.13. The van der Waals surface area contributed by atoms with Crippen LogP contribution in [0.2, 0.25) is 0 Å². The van der Waals surface area contributed by atoms with Crippen LogP contribution in [0, 0.1) is 0 Å². The minimum Gasteiger partial charge on any atom is -0.370 e. The monoisotopic (exact) mass is 474 g/mol. The van der Waals surface area contributed by atoms with Crippen LogP contribution < -0.4 is 11.1 Å². The standard InChI is InChI=1S/C20H22N6.HI/c21-20(25-18-12-6-8-15-7-4-5-11-17(15)18)22-13-19-23-14-24-26(19)16-9-2-1-3-10-16;/h1-3,6,8-10,12,14H,4-5,7,11,13H2,(H3,21,22,25);1H. The summed E-state index contributed by atoms with van der Waals surface area (Å²) in [6, 6.07) is 16.2. The second-order valence-corrected chi connectivity index (χ2v) is 6.40. The van der Waals surface area contributed by atoms with Gasteiger partial charge in [-0.3, -0.25) is 0 Å². The van der Waals surface area contributed by atoms with E-state index in [4.69, 9.17) is 5.73 Å². The Labute approximate surface area is 175 Å². The Kier molecular flexibility index (Phi) is 6.44. The molecule has 7 heteroatoms. The number of hydrogen-bond donors (Lipinski definition) is 2. The third-order valence-corrected chi connectivity index (χ3v) is 4.67. The predicted octanol–water partition coefficient (Wildman–Crippen LogP) is 3.69. The lowest BCUT2D eigenvalue weighted by Crippen LogP contribution is -2.24. The fourth-order valence-electron chi connectivity index (χ4n) is 3.39. The van der Waals surface area contributed by atoms with Crippen LogP contribution in [-0.4, -0.2) is 20.7 Å². The third kappa shape index (κ3) is 4.47. The van der Waals surface area contributed by atoms with Gasteiger partial charge >= 0.3 is 0 Å². The highest BCUT2D eigenvalue weighted by atomic mass is 127. The molecular formula is C20H23IN6. The topological polar surface area (TPSA) is 81.1 Å². The Bertz CT molecular complexity index is 919. The number of para-hydroxylation sites is 1. The first-order valence-electron chi connectivity index (χ1n) is 8.93. The van der Waals surface area contributed by atoms with Gasteiger partial charge in [-0.2, -0.15) is 5.10 Å². The number of nitrogens with one attached hydrogen (secondary N) is 1. The average Bonchev–Trinajstić information content (AvgIpc) is 3.16. The van der Waals surface area contributed by atoms with Crippen molar-refractivity contribution in [2.24, 2.45) is 10.7 Å². The van der Waals surface area contributed by atoms with Crippen LogP contribution in [0.3, 0.4) is 0 Å². The van der Waals surface area contributed by atoms with E-state index in [1.807, 2.05) is 30.3 Å². The number of aliphatic imine (C=N–C) groups is 1. The van der Waals surface area contributed by atoms with Crippen molar-refractivity contribution in [1.82, 2.24) is 14.8 Å². The highest BCUT2D eigenvalue weighted by Crippen LogP contribution is 2.27. The molecule has 27 heavy (non-hydrogen) atoms. The van der Waals surface area contributed by atoms with Crippen LogP contribution in [0.15, 0.2) is 59.9 Å². The van der Waals surface area contributed by atoms with Crippen LogP contribution in [-0.2, 0) is 19.4 Å². The first-order valence-corrected chi connectivity index (χ1v) is 8.93. The van der Waals surface area contributed by atoms with E-state index < -0.39 is 0 Å². The summed E-state index contributed by atoms with van der Waals surface area (Å²) in [6.45, 7) is 0.364. The molecule has 6 nitrogen and oxygen atoms in total. The second kappa shape index (κ2) is 8.98. The summed E-state index contributed by atoms with van der Waals surface area (Å²) in [5.74, 6) is 1.14. The number of hydrogen-bond acceptors (Lipinski definition) is 3. The van der Waals surface area contributed by atoms with E-state index in [0.717, 1.165) is 30.0 Å². The number of nitrogens with zero attached hydrogens (tertiary/aromatic N) is 4. The van der Waals surface area contributed by atoms with Gasteiger partial charge in [-0.1, -0.05) is 30.3 Å². The molecule has 140 valence electrons. The normalized spacial score (nSPS) is 13.6. The summed E-state index contributed by atoms with van der Waals surface area (Å²) in [5.41, 5.74) is 10.9. The summed E-state index contributed by atoms with van der Waals surface area (Å²) in [5, 5.41) is 7.54. The lowest BCUT2D eigenvalue weighted by molar-refractivity contribution is 0.687.